The van der Waals surface area contributed by atoms with Crippen LogP contribution in [-0.2, 0) is 11.2 Å². The zero-order valence-electron chi connectivity index (χ0n) is 15.2. The summed E-state index contributed by atoms with van der Waals surface area (Å²) in [7, 11) is 1.60. The number of furan rings is 1. The van der Waals surface area contributed by atoms with Gasteiger partial charge in [-0.1, -0.05) is 48.5 Å². The third-order valence-corrected chi connectivity index (χ3v) is 4.29. The zero-order valence-corrected chi connectivity index (χ0v) is 15.2. The van der Waals surface area contributed by atoms with Gasteiger partial charge in [-0.15, -0.1) is 0 Å². The maximum atomic E-state index is 13.0. The molecule has 0 atom stereocenters. The third-order valence-electron chi connectivity index (χ3n) is 4.29. The second-order valence-electron chi connectivity index (χ2n) is 6.26. The van der Waals surface area contributed by atoms with Gasteiger partial charge in [0.1, 0.15) is 6.54 Å². The fourth-order valence-corrected chi connectivity index (χ4v) is 2.84. The van der Waals surface area contributed by atoms with E-state index in [4.69, 9.17) is 4.42 Å². The summed E-state index contributed by atoms with van der Waals surface area (Å²) in [4.78, 5) is 28.4. The Kier molecular flexibility index (Phi) is 6.05. The molecule has 1 aromatic heterocycles. The van der Waals surface area contributed by atoms with E-state index in [2.05, 4.69) is 0 Å². The lowest BCUT2D eigenvalue weighted by atomic mass is 10.1. The molecule has 5 nitrogen and oxygen atoms in total. The number of hydrogen-bond donors (Lipinski definition) is 0. The standard InChI is InChI=1S/C22H22N2O3/c1-23(22(26)20-13-8-16-27-20)17-21(25)24(19-11-6-3-7-12-19)15-14-18-9-4-2-5-10-18/h2-13,16H,14-15,17H2,1H3. The van der Waals surface area contributed by atoms with Gasteiger partial charge in [0.05, 0.1) is 6.26 Å². The van der Waals surface area contributed by atoms with Crippen molar-refractivity contribution < 1.29 is 14.0 Å². The lowest BCUT2D eigenvalue weighted by molar-refractivity contribution is -0.119. The van der Waals surface area contributed by atoms with E-state index in [1.807, 2.05) is 60.7 Å². The van der Waals surface area contributed by atoms with Gasteiger partial charge in [-0.05, 0) is 36.2 Å². The molecule has 138 valence electrons. The molecule has 0 unspecified atom stereocenters. The molecule has 0 aliphatic rings. The van der Waals surface area contributed by atoms with E-state index < -0.39 is 0 Å². The highest BCUT2D eigenvalue weighted by molar-refractivity contribution is 5.99. The van der Waals surface area contributed by atoms with Crippen LogP contribution in [0.5, 0.6) is 0 Å². The monoisotopic (exact) mass is 362 g/mol. The number of benzene rings is 2. The van der Waals surface area contributed by atoms with Crippen LogP contribution in [0.2, 0.25) is 0 Å². The predicted octanol–water partition coefficient (Wildman–Crippen LogP) is 3.63. The Balaban J connectivity index is 1.71. The van der Waals surface area contributed by atoms with Gasteiger partial charge in [-0.3, -0.25) is 9.59 Å². The molecule has 2 aromatic carbocycles. The normalized spacial score (nSPS) is 10.4. The van der Waals surface area contributed by atoms with E-state index >= 15 is 0 Å². The Hall–Kier alpha value is -3.34. The van der Waals surface area contributed by atoms with Crippen LogP contribution in [-0.4, -0.2) is 36.9 Å². The third kappa shape index (κ3) is 4.85. The Morgan fingerprint density at radius 1 is 0.889 bits per heavy atom. The average molecular weight is 362 g/mol. The van der Waals surface area contributed by atoms with Gasteiger partial charge in [0.15, 0.2) is 5.76 Å². The smallest absolute Gasteiger partial charge is 0.289 e. The minimum atomic E-state index is -0.315. The first kappa shape index (κ1) is 18.5. The van der Waals surface area contributed by atoms with E-state index in [0.717, 1.165) is 17.7 Å². The summed E-state index contributed by atoms with van der Waals surface area (Å²) in [6.07, 6.45) is 2.18. The Bertz CT molecular complexity index is 861. The minimum Gasteiger partial charge on any atom is -0.459 e. The first-order chi connectivity index (χ1) is 13.1. The maximum absolute atomic E-state index is 13.0. The van der Waals surface area contributed by atoms with Gasteiger partial charge in [0.2, 0.25) is 5.91 Å². The number of rotatable bonds is 7. The molecule has 3 rings (SSSR count). The summed E-state index contributed by atoms with van der Waals surface area (Å²) in [5.74, 6) is -0.232. The van der Waals surface area contributed by atoms with Crippen LogP contribution < -0.4 is 4.90 Å². The lowest BCUT2D eigenvalue weighted by Crippen LogP contribution is -2.42. The topological polar surface area (TPSA) is 53.8 Å². The van der Waals surface area contributed by atoms with Gasteiger partial charge in [0.25, 0.3) is 5.91 Å². The van der Waals surface area contributed by atoms with E-state index in [1.54, 1.807) is 24.1 Å². The van der Waals surface area contributed by atoms with Crippen LogP contribution in [0.1, 0.15) is 16.1 Å². The fraction of sp³-hybridized carbons (Fsp3) is 0.182. The van der Waals surface area contributed by atoms with Crippen molar-refractivity contribution in [1.82, 2.24) is 4.90 Å². The Morgan fingerprint density at radius 3 is 2.19 bits per heavy atom. The quantitative estimate of drug-likeness (QED) is 0.645. The minimum absolute atomic E-state index is 0.0246. The molecule has 2 amide bonds. The number of amides is 2. The second kappa shape index (κ2) is 8.85. The first-order valence-corrected chi connectivity index (χ1v) is 8.83. The zero-order chi connectivity index (χ0) is 19.1. The molecule has 0 saturated heterocycles. The average Bonchev–Trinajstić information content (AvgIpc) is 3.24. The van der Waals surface area contributed by atoms with Crippen LogP contribution in [0.3, 0.4) is 0 Å². The fourth-order valence-electron chi connectivity index (χ4n) is 2.84. The van der Waals surface area contributed by atoms with E-state index in [9.17, 15) is 9.59 Å². The van der Waals surface area contributed by atoms with Crippen LogP contribution in [0.15, 0.2) is 83.5 Å². The molecule has 0 N–H and O–H groups in total. The highest BCUT2D eigenvalue weighted by atomic mass is 16.3. The molecular weight excluding hydrogens is 340 g/mol. The van der Waals surface area contributed by atoms with Crippen molar-refractivity contribution in [3.05, 3.63) is 90.4 Å². The lowest BCUT2D eigenvalue weighted by Gasteiger charge is -2.25. The molecule has 5 heteroatoms. The second-order valence-corrected chi connectivity index (χ2v) is 6.26. The van der Waals surface area contributed by atoms with Crippen molar-refractivity contribution >= 4 is 17.5 Å². The van der Waals surface area contributed by atoms with E-state index in [1.165, 1.54) is 11.2 Å². The molecule has 1 heterocycles. The molecule has 0 bridgehead atoms. The van der Waals surface area contributed by atoms with E-state index in [-0.39, 0.29) is 24.1 Å². The number of hydrogen-bond acceptors (Lipinski definition) is 3. The highest BCUT2D eigenvalue weighted by Crippen LogP contribution is 2.15. The predicted molar refractivity (Wildman–Crippen MR) is 105 cm³/mol. The van der Waals surface area contributed by atoms with Crippen molar-refractivity contribution in [3.63, 3.8) is 0 Å². The molecule has 0 spiro atoms. The van der Waals surface area contributed by atoms with Crippen molar-refractivity contribution in [2.24, 2.45) is 0 Å². The maximum Gasteiger partial charge on any atom is 0.289 e. The number of nitrogens with zero attached hydrogens (tertiary/aromatic N) is 2. The highest BCUT2D eigenvalue weighted by Gasteiger charge is 2.21. The van der Waals surface area contributed by atoms with Crippen LogP contribution >= 0.6 is 0 Å². The SMILES string of the molecule is CN(CC(=O)N(CCc1ccccc1)c1ccccc1)C(=O)c1ccco1. The van der Waals surface area contributed by atoms with Crippen molar-refractivity contribution in [3.8, 4) is 0 Å². The number of likely N-dealkylation sites (N-methyl/N-ethyl adjacent to an activating group) is 1. The largest absolute Gasteiger partial charge is 0.459 e. The number of carbonyl (C=O) groups is 2. The molecule has 3 aromatic rings. The Morgan fingerprint density at radius 2 is 1.56 bits per heavy atom. The number of carbonyl (C=O) groups excluding carboxylic acids is 2. The van der Waals surface area contributed by atoms with Gasteiger partial charge >= 0.3 is 0 Å². The summed E-state index contributed by atoms with van der Waals surface area (Å²) in [6, 6.07) is 22.8. The van der Waals surface area contributed by atoms with Crippen LogP contribution in [0, 0.1) is 0 Å². The summed E-state index contributed by atoms with van der Waals surface area (Å²) >= 11 is 0. The molecule has 27 heavy (non-hydrogen) atoms. The molecule has 0 aliphatic heterocycles. The van der Waals surface area contributed by atoms with Gasteiger partial charge in [-0.25, -0.2) is 0 Å². The first-order valence-electron chi connectivity index (χ1n) is 8.83. The van der Waals surface area contributed by atoms with E-state index in [0.29, 0.717) is 6.54 Å². The summed E-state index contributed by atoms with van der Waals surface area (Å²) in [6.45, 7) is 0.513. The Labute approximate surface area is 158 Å². The molecule has 0 aliphatic carbocycles. The summed E-state index contributed by atoms with van der Waals surface area (Å²) < 4.78 is 5.13. The molecule has 0 fully saturated rings. The summed E-state index contributed by atoms with van der Waals surface area (Å²) in [5.41, 5.74) is 1.98. The van der Waals surface area contributed by atoms with Crippen LogP contribution in [0.4, 0.5) is 5.69 Å². The van der Waals surface area contributed by atoms with Crippen molar-refractivity contribution in [2.45, 2.75) is 6.42 Å². The van der Waals surface area contributed by atoms with Crippen molar-refractivity contribution in [1.29, 1.82) is 0 Å². The van der Waals surface area contributed by atoms with Crippen molar-refractivity contribution in [2.75, 3.05) is 25.0 Å². The molecular formula is C22H22N2O3. The van der Waals surface area contributed by atoms with Gasteiger partial charge in [-0.2, -0.15) is 0 Å². The molecule has 0 saturated carbocycles. The van der Waals surface area contributed by atoms with Gasteiger partial charge < -0.3 is 14.2 Å². The summed E-state index contributed by atoms with van der Waals surface area (Å²) in [5, 5.41) is 0. The number of para-hydroxylation sites is 1. The molecule has 0 radical (unpaired) electrons. The number of anilines is 1. The van der Waals surface area contributed by atoms with Gasteiger partial charge in [0, 0.05) is 19.3 Å². The van der Waals surface area contributed by atoms with Crippen LogP contribution in [0.25, 0.3) is 0 Å².